The zero-order valence-electron chi connectivity index (χ0n) is 16.0. The Balaban J connectivity index is 1.87. The van der Waals surface area contributed by atoms with Crippen LogP contribution in [0.5, 0.6) is 0 Å². The molecule has 1 rings (SSSR count). The van der Waals surface area contributed by atoms with Crippen LogP contribution in [0.3, 0.4) is 0 Å². The van der Waals surface area contributed by atoms with Crippen molar-refractivity contribution in [1.29, 1.82) is 0 Å². The van der Waals surface area contributed by atoms with Gasteiger partial charge in [0.05, 0.1) is 32.8 Å². The predicted molar refractivity (Wildman–Crippen MR) is 99.1 cm³/mol. The molecule has 29 heavy (non-hydrogen) atoms. The maximum Gasteiger partial charge on any atom is 0.407 e. The van der Waals surface area contributed by atoms with Gasteiger partial charge < -0.3 is 29.4 Å². The summed E-state index contributed by atoms with van der Waals surface area (Å²) in [6.07, 6.45) is -1.20. The molecule has 0 unspecified atom stereocenters. The average Bonchev–Trinajstić information content (AvgIpc) is 2.72. The summed E-state index contributed by atoms with van der Waals surface area (Å²) < 4.78 is 20.3. The van der Waals surface area contributed by atoms with E-state index in [1.807, 2.05) is 30.3 Å². The third kappa shape index (κ3) is 12.9. The highest BCUT2D eigenvalue weighted by Gasteiger charge is 2.14. The van der Waals surface area contributed by atoms with Gasteiger partial charge in [0.15, 0.2) is 0 Å². The van der Waals surface area contributed by atoms with E-state index < -0.39 is 30.2 Å². The van der Waals surface area contributed by atoms with E-state index in [4.69, 9.17) is 24.1 Å². The molecule has 0 atom stereocenters. The fourth-order valence-corrected chi connectivity index (χ4v) is 1.93. The Labute approximate surface area is 168 Å². The lowest BCUT2D eigenvalue weighted by Gasteiger charge is -2.08. The molecule has 0 aromatic heterocycles. The van der Waals surface area contributed by atoms with Crippen molar-refractivity contribution in [3.63, 3.8) is 0 Å². The number of carbonyl (C=O) groups is 4. The number of alkyl carbamates (subject to hydrolysis) is 1. The van der Waals surface area contributed by atoms with E-state index in [-0.39, 0.29) is 39.5 Å². The topological polar surface area (TPSA) is 137 Å². The highest BCUT2D eigenvalue weighted by molar-refractivity contribution is 6.32. The van der Waals surface area contributed by atoms with Gasteiger partial charge in [0.2, 0.25) is 5.78 Å². The highest BCUT2D eigenvalue weighted by Crippen LogP contribution is 2.00. The van der Waals surface area contributed by atoms with Crippen LogP contribution in [0.15, 0.2) is 30.3 Å². The van der Waals surface area contributed by atoms with Gasteiger partial charge >= 0.3 is 18.0 Å². The molecule has 160 valence electrons. The van der Waals surface area contributed by atoms with E-state index in [2.05, 4.69) is 5.32 Å². The zero-order valence-corrected chi connectivity index (χ0v) is 16.0. The molecule has 0 aliphatic heterocycles. The van der Waals surface area contributed by atoms with Crippen molar-refractivity contribution in [2.75, 3.05) is 39.6 Å². The lowest BCUT2D eigenvalue weighted by atomic mass is 10.2. The SMILES string of the molecule is O=C(CCC(=O)C(=O)O)OCCOCCOCCNC(=O)OCc1ccccc1. The molecule has 0 aliphatic carbocycles. The molecule has 1 aromatic rings. The number of rotatable bonds is 15. The summed E-state index contributed by atoms with van der Waals surface area (Å²) in [6.45, 7) is 1.48. The van der Waals surface area contributed by atoms with Crippen LogP contribution in [0.1, 0.15) is 18.4 Å². The minimum atomic E-state index is -1.57. The molecular formula is C19H25NO9. The molecule has 0 heterocycles. The van der Waals surface area contributed by atoms with E-state index >= 15 is 0 Å². The Morgan fingerprint density at radius 1 is 0.828 bits per heavy atom. The van der Waals surface area contributed by atoms with E-state index in [1.165, 1.54) is 0 Å². The van der Waals surface area contributed by atoms with Crippen LogP contribution in [-0.2, 0) is 39.9 Å². The number of carbonyl (C=O) groups excluding carboxylic acids is 3. The van der Waals surface area contributed by atoms with Gasteiger partial charge in [-0.15, -0.1) is 0 Å². The first-order chi connectivity index (χ1) is 14.0. The van der Waals surface area contributed by atoms with Gasteiger partial charge in [-0.2, -0.15) is 0 Å². The number of hydrogen-bond acceptors (Lipinski definition) is 8. The van der Waals surface area contributed by atoms with Crippen LogP contribution >= 0.6 is 0 Å². The summed E-state index contributed by atoms with van der Waals surface area (Å²) in [6, 6.07) is 9.32. The minimum Gasteiger partial charge on any atom is -0.476 e. The molecule has 0 spiro atoms. The van der Waals surface area contributed by atoms with Gasteiger partial charge in [-0.1, -0.05) is 30.3 Å². The lowest BCUT2D eigenvalue weighted by Crippen LogP contribution is -2.28. The van der Waals surface area contributed by atoms with Crippen molar-refractivity contribution in [2.24, 2.45) is 0 Å². The number of ether oxygens (including phenoxy) is 4. The smallest absolute Gasteiger partial charge is 0.407 e. The minimum absolute atomic E-state index is 0.00505. The molecule has 10 heteroatoms. The molecule has 0 radical (unpaired) electrons. The van der Waals surface area contributed by atoms with Gasteiger partial charge in [0.25, 0.3) is 0 Å². The Morgan fingerprint density at radius 2 is 1.48 bits per heavy atom. The van der Waals surface area contributed by atoms with E-state index in [9.17, 15) is 19.2 Å². The fourth-order valence-electron chi connectivity index (χ4n) is 1.93. The van der Waals surface area contributed by atoms with Crippen molar-refractivity contribution >= 4 is 23.8 Å². The number of benzene rings is 1. The number of amides is 1. The summed E-state index contributed by atoms with van der Waals surface area (Å²) in [4.78, 5) is 43.9. The summed E-state index contributed by atoms with van der Waals surface area (Å²) in [5, 5.41) is 10.9. The Hall–Kier alpha value is -2.98. The number of carboxylic acids is 1. The molecule has 0 saturated heterocycles. The van der Waals surface area contributed by atoms with Gasteiger partial charge in [-0.3, -0.25) is 9.59 Å². The van der Waals surface area contributed by atoms with E-state index in [0.717, 1.165) is 5.56 Å². The second-order valence-corrected chi connectivity index (χ2v) is 5.66. The van der Waals surface area contributed by atoms with Crippen molar-refractivity contribution in [2.45, 2.75) is 19.4 Å². The maximum absolute atomic E-state index is 11.5. The second kappa shape index (κ2) is 15.0. The number of aliphatic carboxylic acids is 1. The average molecular weight is 411 g/mol. The van der Waals surface area contributed by atoms with Crippen LogP contribution in [0.25, 0.3) is 0 Å². The summed E-state index contributed by atoms with van der Waals surface area (Å²) in [5.41, 5.74) is 0.899. The van der Waals surface area contributed by atoms with Crippen molar-refractivity contribution < 1.29 is 43.2 Å². The first-order valence-electron chi connectivity index (χ1n) is 9.01. The van der Waals surface area contributed by atoms with Crippen LogP contribution in [-0.4, -0.2) is 68.5 Å². The predicted octanol–water partition coefficient (Wildman–Crippen LogP) is 0.923. The first kappa shape index (κ1) is 24.1. The number of esters is 1. The molecule has 1 amide bonds. The van der Waals surface area contributed by atoms with E-state index in [1.54, 1.807) is 0 Å². The Bertz CT molecular complexity index is 648. The van der Waals surface area contributed by atoms with Crippen LogP contribution < -0.4 is 5.32 Å². The van der Waals surface area contributed by atoms with Gasteiger partial charge in [0.1, 0.15) is 13.2 Å². The van der Waals surface area contributed by atoms with Crippen molar-refractivity contribution in [1.82, 2.24) is 5.32 Å². The zero-order chi connectivity index (χ0) is 21.3. The first-order valence-corrected chi connectivity index (χ1v) is 9.01. The maximum atomic E-state index is 11.5. The Kier molecular flexibility index (Phi) is 12.4. The van der Waals surface area contributed by atoms with E-state index in [0.29, 0.717) is 13.2 Å². The number of nitrogens with one attached hydrogen (secondary N) is 1. The number of hydrogen-bond donors (Lipinski definition) is 2. The molecule has 2 N–H and O–H groups in total. The van der Waals surface area contributed by atoms with Crippen molar-refractivity contribution in [3.8, 4) is 0 Å². The number of ketones is 1. The summed E-state index contributed by atoms with van der Waals surface area (Å²) in [5.74, 6) is -3.26. The number of Topliss-reactive ketones (excluding diaryl/α,β-unsaturated/α-hetero) is 1. The summed E-state index contributed by atoms with van der Waals surface area (Å²) in [7, 11) is 0. The van der Waals surface area contributed by atoms with Crippen LogP contribution in [0.2, 0.25) is 0 Å². The van der Waals surface area contributed by atoms with Crippen LogP contribution in [0, 0.1) is 0 Å². The van der Waals surface area contributed by atoms with Gasteiger partial charge in [-0.25, -0.2) is 9.59 Å². The molecule has 0 saturated carbocycles. The fraction of sp³-hybridized carbons (Fsp3) is 0.474. The quantitative estimate of drug-likeness (QED) is 0.245. The lowest BCUT2D eigenvalue weighted by molar-refractivity contribution is -0.151. The van der Waals surface area contributed by atoms with Crippen molar-refractivity contribution in [3.05, 3.63) is 35.9 Å². The van der Waals surface area contributed by atoms with Gasteiger partial charge in [-0.05, 0) is 5.56 Å². The standard InChI is InChI=1S/C19H25NO9/c21-16(18(23)24)6-7-17(22)28-13-12-27-11-10-26-9-8-20-19(25)29-14-15-4-2-1-3-5-15/h1-5H,6-14H2,(H,20,25)(H,23,24). The molecule has 10 nitrogen and oxygen atoms in total. The molecule has 0 bridgehead atoms. The summed E-state index contributed by atoms with van der Waals surface area (Å²) >= 11 is 0. The molecule has 0 fully saturated rings. The molecule has 1 aromatic carbocycles. The van der Waals surface area contributed by atoms with Crippen LogP contribution in [0.4, 0.5) is 4.79 Å². The third-order valence-electron chi connectivity index (χ3n) is 3.39. The van der Waals surface area contributed by atoms with Gasteiger partial charge in [0, 0.05) is 13.0 Å². The Morgan fingerprint density at radius 3 is 2.17 bits per heavy atom. The monoisotopic (exact) mass is 411 g/mol. The normalized spacial score (nSPS) is 10.2. The number of carboxylic acid groups (broad SMARTS) is 1. The molecular weight excluding hydrogens is 386 g/mol. The highest BCUT2D eigenvalue weighted by atomic mass is 16.6. The second-order valence-electron chi connectivity index (χ2n) is 5.66. The largest absolute Gasteiger partial charge is 0.476 e. The third-order valence-corrected chi connectivity index (χ3v) is 3.39. The molecule has 0 aliphatic rings.